The number of carboxylic acids is 1. The van der Waals surface area contributed by atoms with Gasteiger partial charge < -0.3 is 5.11 Å². The van der Waals surface area contributed by atoms with Crippen LogP contribution in [0.15, 0.2) is 11.2 Å². The molecule has 0 aliphatic carbocycles. The van der Waals surface area contributed by atoms with E-state index >= 15 is 0 Å². The Labute approximate surface area is 112 Å². The van der Waals surface area contributed by atoms with Gasteiger partial charge in [-0.15, -0.1) is 0 Å². The van der Waals surface area contributed by atoms with Gasteiger partial charge in [-0.25, -0.2) is 9.97 Å². The number of aliphatic carboxylic acids is 1. The van der Waals surface area contributed by atoms with Crippen LogP contribution >= 0.6 is 11.8 Å². The monoisotopic (exact) mass is 294 g/mol. The SMILES string of the molecule is CC(C)c1cc(C(F)(F)F)nc(SCCC(=O)O)n1. The molecule has 0 amide bonds. The molecule has 0 atom stereocenters. The summed E-state index contributed by atoms with van der Waals surface area (Å²) in [5.41, 5.74) is -0.704. The molecule has 0 saturated carbocycles. The third-order valence-electron chi connectivity index (χ3n) is 2.15. The molecule has 0 spiro atoms. The maximum Gasteiger partial charge on any atom is 0.433 e. The van der Waals surface area contributed by atoms with Gasteiger partial charge in [0, 0.05) is 11.4 Å². The summed E-state index contributed by atoms with van der Waals surface area (Å²) >= 11 is 0.908. The highest BCUT2D eigenvalue weighted by Crippen LogP contribution is 2.30. The summed E-state index contributed by atoms with van der Waals surface area (Å²) in [7, 11) is 0. The molecule has 1 heterocycles. The fourth-order valence-electron chi connectivity index (χ4n) is 1.18. The topological polar surface area (TPSA) is 63.1 Å². The summed E-state index contributed by atoms with van der Waals surface area (Å²) in [6, 6.07) is 0.923. The fraction of sp³-hybridized carbons (Fsp3) is 0.545. The number of carboxylic acid groups (broad SMARTS) is 1. The van der Waals surface area contributed by atoms with Gasteiger partial charge in [0.2, 0.25) is 0 Å². The first-order chi connectivity index (χ1) is 8.70. The van der Waals surface area contributed by atoms with Crippen LogP contribution in [-0.2, 0) is 11.0 Å². The van der Waals surface area contributed by atoms with E-state index in [9.17, 15) is 18.0 Å². The van der Waals surface area contributed by atoms with E-state index in [2.05, 4.69) is 9.97 Å². The highest BCUT2D eigenvalue weighted by Gasteiger charge is 2.33. The molecule has 1 aromatic heterocycles. The van der Waals surface area contributed by atoms with E-state index in [1.54, 1.807) is 13.8 Å². The van der Waals surface area contributed by atoms with E-state index in [4.69, 9.17) is 5.11 Å². The third kappa shape index (κ3) is 5.06. The molecule has 1 N–H and O–H groups in total. The summed E-state index contributed by atoms with van der Waals surface area (Å²) in [5, 5.41) is 8.44. The van der Waals surface area contributed by atoms with Gasteiger partial charge in [0.25, 0.3) is 0 Å². The average Bonchev–Trinajstić information content (AvgIpc) is 2.26. The molecule has 0 aliphatic heterocycles. The van der Waals surface area contributed by atoms with E-state index in [0.29, 0.717) is 5.69 Å². The Morgan fingerprint density at radius 3 is 2.53 bits per heavy atom. The Hall–Kier alpha value is -1.31. The Kier molecular flexibility index (Phi) is 5.16. The van der Waals surface area contributed by atoms with Crippen LogP contribution in [0.25, 0.3) is 0 Å². The maximum atomic E-state index is 12.7. The lowest BCUT2D eigenvalue weighted by atomic mass is 10.1. The van der Waals surface area contributed by atoms with Crippen LogP contribution in [0.1, 0.15) is 37.6 Å². The largest absolute Gasteiger partial charge is 0.481 e. The Balaban J connectivity index is 2.97. The molecule has 0 bridgehead atoms. The van der Waals surface area contributed by atoms with Crippen molar-refractivity contribution in [2.75, 3.05) is 5.75 Å². The number of rotatable bonds is 5. The van der Waals surface area contributed by atoms with Crippen molar-refractivity contribution in [3.63, 3.8) is 0 Å². The zero-order valence-corrected chi connectivity index (χ0v) is 11.2. The predicted octanol–water partition coefficient (Wildman–Crippen LogP) is 3.19. The molecule has 1 rings (SSSR count). The minimum Gasteiger partial charge on any atom is -0.481 e. The number of nitrogens with zero attached hydrogens (tertiary/aromatic N) is 2. The number of alkyl halides is 3. The summed E-state index contributed by atoms with van der Waals surface area (Å²) in [6.07, 6.45) is -4.68. The van der Waals surface area contributed by atoms with Gasteiger partial charge in [0.1, 0.15) is 5.69 Å². The molecule has 0 unspecified atom stereocenters. The molecule has 0 aromatic carbocycles. The molecule has 19 heavy (non-hydrogen) atoms. The summed E-state index contributed by atoms with van der Waals surface area (Å²) in [5.74, 6) is -1.04. The van der Waals surface area contributed by atoms with Gasteiger partial charge in [-0.2, -0.15) is 13.2 Å². The minimum atomic E-state index is -4.53. The second kappa shape index (κ2) is 6.23. The number of carbonyl (C=O) groups is 1. The molecular weight excluding hydrogens is 281 g/mol. The fourth-order valence-corrected chi connectivity index (χ4v) is 1.97. The average molecular weight is 294 g/mol. The zero-order valence-electron chi connectivity index (χ0n) is 10.4. The van der Waals surface area contributed by atoms with Crippen molar-refractivity contribution in [2.24, 2.45) is 0 Å². The smallest absolute Gasteiger partial charge is 0.433 e. The summed E-state index contributed by atoms with van der Waals surface area (Å²) in [4.78, 5) is 17.8. The van der Waals surface area contributed by atoms with Gasteiger partial charge in [-0.1, -0.05) is 25.6 Å². The van der Waals surface area contributed by atoms with E-state index in [-0.39, 0.29) is 23.2 Å². The number of hydrogen-bond donors (Lipinski definition) is 1. The Bertz CT molecular complexity index is 464. The lowest BCUT2D eigenvalue weighted by Crippen LogP contribution is -2.11. The van der Waals surface area contributed by atoms with Crippen molar-refractivity contribution in [1.82, 2.24) is 9.97 Å². The Morgan fingerprint density at radius 2 is 2.05 bits per heavy atom. The molecule has 0 radical (unpaired) electrons. The first kappa shape index (κ1) is 15.7. The Morgan fingerprint density at radius 1 is 1.42 bits per heavy atom. The van der Waals surface area contributed by atoms with Gasteiger partial charge >= 0.3 is 12.1 Å². The zero-order chi connectivity index (χ0) is 14.6. The predicted molar refractivity (Wildman–Crippen MR) is 64.1 cm³/mol. The summed E-state index contributed by atoms with van der Waals surface area (Å²) in [6.45, 7) is 3.46. The highest BCUT2D eigenvalue weighted by atomic mass is 32.2. The number of halogens is 3. The van der Waals surface area contributed by atoms with Crippen molar-refractivity contribution in [1.29, 1.82) is 0 Å². The van der Waals surface area contributed by atoms with Crippen molar-refractivity contribution < 1.29 is 23.1 Å². The molecule has 4 nitrogen and oxygen atoms in total. The van der Waals surface area contributed by atoms with Crippen molar-refractivity contribution in [2.45, 2.75) is 37.5 Å². The molecular formula is C11H13F3N2O2S. The quantitative estimate of drug-likeness (QED) is 0.667. The molecule has 8 heteroatoms. The van der Waals surface area contributed by atoms with Gasteiger partial charge in [0.05, 0.1) is 6.42 Å². The van der Waals surface area contributed by atoms with Crippen molar-refractivity contribution in [3.8, 4) is 0 Å². The van der Waals surface area contributed by atoms with E-state index in [1.165, 1.54) is 0 Å². The van der Waals surface area contributed by atoms with E-state index in [1.807, 2.05) is 0 Å². The molecule has 0 saturated heterocycles. The lowest BCUT2D eigenvalue weighted by Gasteiger charge is -2.11. The van der Waals surface area contributed by atoms with Crippen LogP contribution in [0.5, 0.6) is 0 Å². The second-order valence-corrected chi connectivity index (χ2v) is 5.17. The van der Waals surface area contributed by atoms with Crippen LogP contribution in [-0.4, -0.2) is 26.8 Å². The van der Waals surface area contributed by atoms with Gasteiger partial charge in [-0.3, -0.25) is 4.79 Å². The number of aromatic nitrogens is 2. The normalized spacial score (nSPS) is 11.9. The van der Waals surface area contributed by atoms with Crippen LogP contribution in [0.3, 0.4) is 0 Å². The third-order valence-corrected chi connectivity index (χ3v) is 3.00. The standard InChI is InChI=1S/C11H13F3N2O2S/c1-6(2)7-5-8(11(12,13)14)16-10(15-7)19-4-3-9(17)18/h5-6H,3-4H2,1-2H3,(H,17,18). The van der Waals surface area contributed by atoms with Crippen LogP contribution in [0, 0.1) is 0 Å². The van der Waals surface area contributed by atoms with Crippen molar-refractivity contribution in [3.05, 3.63) is 17.5 Å². The highest BCUT2D eigenvalue weighted by molar-refractivity contribution is 7.99. The maximum absolute atomic E-state index is 12.7. The molecule has 0 fully saturated rings. The second-order valence-electron chi connectivity index (χ2n) is 4.11. The molecule has 0 aliphatic rings. The van der Waals surface area contributed by atoms with Gasteiger partial charge in [-0.05, 0) is 12.0 Å². The minimum absolute atomic E-state index is 0.0419. The number of thioether (sulfide) groups is 1. The number of hydrogen-bond acceptors (Lipinski definition) is 4. The van der Waals surface area contributed by atoms with Crippen LogP contribution < -0.4 is 0 Å². The molecule has 1 aromatic rings. The first-order valence-corrected chi connectivity index (χ1v) is 6.49. The summed E-state index contributed by atoms with van der Waals surface area (Å²) < 4.78 is 38.0. The molecule has 106 valence electrons. The lowest BCUT2D eigenvalue weighted by molar-refractivity contribution is -0.141. The van der Waals surface area contributed by atoms with E-state index in [0.717, 1.165) is 17.8 Å². The van der Waals surface area contributed by atoms with Crippen molar-refractivity contribution >= 4 is 17.7 Å². The van der Waals surface area contributed by atoms with Crippen LogP contribution in [0.2, 0.25) is 0 Å². The van der Waals surface area contributed by atoms with Crippen LogP contribution in [0.4, 0.5) is 13.2 Å². The first-order valence-electron chi connectivity index (χ1n) is 5.51. The van der Waals surface area contributed by atoms with E-state index < -0.39 is 17.8 Å². The van der Waals surface area contributed by atoms with Gasteiger partial charge in [0.15, 0.2) is 5.16 Å².